The van der Waals surface area contributed by atoms with Gasteiger partial charge in [-0.15, -0.1) is 11.3 Å². The number of aromatic nitrogens is 3. The molecule has 0 bridgehead atoms. The first-order valence-corrected chi connectivity index (χ1v) is 11.6. The highest BCUT2D eigenvalue weighted by Crippen LogP contribution is 2.37. The number of fused-ring (bicyclic) bond motifs is 1. The topological polar surface area (TPSA) is 89.7 Å². The van der Waals surface area contributed by atoms with Crippen molar-refractivity contribution >= 4 is 21.6 Å². The number of nitrogens with zero attached hydrogens (tertiary/aromatic N) is 4. The summed E-state index contributed by atoms with van der Waals surface area (Å²) < 4.78 is 13.2. The average molecular weight is 463 g/mol. The normalized spacial score (nSPS) is 17.1. The fourth-order valence-electron chi connectivity index (χ4n) is 4.38. The molecule has 33 heavy (non-hydrogen) atoms. The van der Waals surface area contributed by atoms with Crippen LogP contribution in [0.25, 0.3) is 26.3 Å². The number of ether oxygens (including phenoxy) is 2. The number of likely N-dealkylation sites (tertiary alicyclic amines) is 1. The van der Waals surface area contributed by atoms with E-state index < -0.39 is 0 Å². The maximum absolute atomic E-state index is 13.1. The van der Waals surface area contributed by atoms with Crippen molar-refractivity contribution in [1.82, 2.24) is 19.4 Å². The van der Waals surface area contributed by atoms with Crippen LogP contribution >= 0.6 is 11.3 Å². The van der Waals surface area contributed by atoms with Crippen LogP contribution in [-0.4, -0.2) is 64.0 Å². The van der Waals surface area contributed by atoms with Gasteiger partial charge in [-0.2, -0.15) is 0 Å². The smallest absolute Gasteiger partial charge is 0.275 e. The summed E-state index contributed by atoms with van der Waals surface area (Å²) >= 11 is 1.39. The molecule has 3 aromatic heterocycles. The molecule has 2 fully saturated rings. The van der Waals surface area contributed by atoms with Gasteiger partial charge in [-0.3, -0.25) is 14.3 Å². The molecule has 6 rings (SSSR count). The lowest BCUT2D eigenvalue weighted by Crippen LogP contribution is -2.66. The zero-order valence-electron chi connectivity index (χ0n) is 17.8. The average Bonchev–Trinajstić information content (AvgIpc) is 3.21. The Morgan fingerprint density at radius 3 is 2.64 bits per heavy atom. The molecular weight excluding hydrogens is 440 g/mol. The van der Waals surface area contributed by atoms with Gasteiger partial charge in [0.2, 0.25) is 5.88 Å². The Morgan fingerprint density at radius 2 is 1.94 bits per heavy atom. The van der Waals surface area contributed by atoms with Gasteiger partial charge >= 0.3 is 0 Å². The van der Waals surface area contributed by atoms with E-state index in [9.17, 15) is 9.90 Å². The van der Waals surface area contributed by atoms with Gasteiger partial charge in [-0.1, -0.05) is 0 Å². The lowest BCUT2D eigenvalue weighted by molar-refractivity contribution is -0.189. The van der Waals surface area contributed by atoms with Crippen molar-refractivity contribution in [2.45, 2.75) is 0 Å². The monoisotopic (exact) mass is 462 g/mol. The third-order valence-electron chi connectivity index (χ3n) is 6.18. The van der Waals surface area contributed by atoms with E-state index in [0.29, 0.717) is 33.8 Å². The number of phenols is 1. The first-order valence-electron chi connectivity index (χ1n) is 10.8. The fraction of sp³-hybridized carbons (Fsp3) is 0.292. The van der Waals surface area contributed by atoms with Gasteiger partial charge in [-0.05, 0) is 42.0 Å². The second-order valence-corrected chi connectivity index (χ2v) is 9.75. The third-order valence-corrected chi connectivity index (χ3v) is 7.34. The van der Waals surface area contributed by atoms with Crippen LogP contribution in [0.15, 0.2) is 59.8 Å². The number of hydrogen-bond acceptors (Lipinski definition) is 8. The van der Waals surface area contributed by atoms with Crippen LogP contribution in [0.5, 0.6) is 11.6 Å². The van der Waals surface area contributed by atoms with Crippen molar-refractivity contribution < 1.29 is 14.6 Å². The van der Waals surface area contributed by atoms with Crippen LogP contribution in [0.1, 0.15) is 0 Å². The van der Waals surface area contributed by atoms with E-state index >= 15 is 0 Å². The van der Waals surface area contributed by atoms with Crippen LogP contribution in [0, 0.1) is 5.41 Å². The van der Waals surface area contributed by atoms with Crippen molar-refractivity contribution in [3.8, 4) is 27.8 Å². The van der Waals surface area contributed by atoms with Crippen molar-refractivity contribution in [3.05, 3.63) is 65.3 Å². The van der Waals surface area contributed by atoms with Gasteiger partial charge in [0.15, 0.2) is 0 Å². The molecule has 0 amide bonds. The Balaban J connectivity index is 1.15. The van der Waals surface area contributed by atoms with Gasteiger partial charge in [0, 0.05) is 36.0 Å². The minimum Gasteiger partial charge on any atom is -0.508 e. The maximum atomic E-state index is 13.1. The third kappa shape index (κ3) is 3.78. The lowest BCUT2D eigenvalue weighted by Gasteiger charge is -2.55. The Bertz CT molecular complexity index is 1350. The summed E-state index contributed by atoms with van der Waals surface area (Å²) in [5.74, 6) is 0.742. The Labute approximate surface area is 193 Å². The first-order chi connectivity index (χ1) is 16.1. The summed E-state index contributed by atoms with van der Waals surface area (Å²) in [6, 6.07) is 12.4. The second kappa shape index (κ2) is 7.95. The molecule has 5 heterocycles. The highest BCUT2D eigenvalue weighted by atomic mass is 32.1. The molecule has 1 aromatic carbocycles. The molecule has 0 atom stereocenters. The van der Waals surface area contributed by atoms with Crippen LogP contribution in [0.2, 0.25) is 0 Å². The molecule has 2 saturated heterocycles. The van der Waals surface area contributed by atoms with Crippen LogP contribution in [0.3, 0.4) is 0 Å². The number of benzene rings is 1. The molecule has 1 spiro atoms. The molecule has 0 unspecified atom stereocenters. The van der Waals surface area contributed by atoms with Gasteiger partial charge in [0.05, 0.1) is 30.6 Å². The van der Waals surface area contributed by atoms with E-state index in [4.69, 9.17) is 9.47 Å². The summed E-state index contributed by atoms with van der Waals surface area (Å²) in [5.41, 5.74) is 2.49. The highest BCUT2D eigenvalue weighted by Gasteiger charge is 2.48. The maximum Gasteiger partial charge on any atom is 0.275 e. The quantitative estimate of drug-likeness (QED) is 0.471. The van der Waals surface area contributed by atoms with Crippen LogP contribution in [0.4, 0.5) is 0 Å². The standard InChI is InChI=1S/C24H22N4O4S/c29-18-4-1-16(2-5-18)20-9-19-22(33-20)23(30)28(15-26-19)17-3-6-21(25-10-17)32-8-7-27-11-24(12-27)13-31-14-24/h1-6,9-10,15,29H,7-8,11-14H2. The van der Waals surface area contributed by atoms with Gasteiger partial charge in [0.25, 0.3) is 5.56 Å². The van der Waals surface area contributed by atoms with Gasteiger partial charge in [0.1, 0.15) is 23.4 Å². The summed E-state index contributed by atoms with van der Waals surface area (Å²) in [4.78, 5) is 25.2. The number of pyridine rings is 1. The number of thiophene rings is 1. The number of aromatic hydroxyl groups is 1. The molecule has 168 valence electrons. The molecule has 0 radical (unpaired) electrons. The minimum absolute atomic E-state index is 0.141. The molecule has 2 aliphatic heterocycles. The first kappa shape index (κ1) is 20.3. The summed E-state index contributed by atoms with van der Waals surface area (Å²) in [7, 11) is 0. The van der Waals surface area contributed by atoms with Crippen molar-refractivity contribution in [2.24, 2.45) is 5.41 Å². The van der Waals surface area contributed by atoms with Crippen molar-refractivity contribution in [3.63, 3.8) is 0 Å². The predicted molar refractivity (Wildman–Crippen MR) is 125 cm³/mol. The molecular formula is C24H22N4O4S. The van der Waals surface area contributed by atoms with E-state index in [1.807, 2.05) is 24.3 Å². The molecule has 0 saturated carbocycles. The predicted octanol–water partition coefficient (Wildman–Crippen LogP) is 2.93. The number of rotatable bonds is 6. The second-order valence-electron chi connectivity index (χ2n) is 8.70. The molecule has 9 heteroatoms. The molecule has 2 aliphatic rings. The summed E-state index contributed by atoms with van der Waals surface area (Å²) in [6.45, 7) is 5.38. The Morgan fingerprint density at radius 1 is 1.12 bits per heavy atom. The van der Waals surface area contributed by atoms with Crippen LogP contribution in [-0.2, 0) is 4.74 Å². The van der Waals surface area contributed by atoms with Gasteiger partial charge < -0.3 is 14.6 Å². The van der Waals surface area contributed by atoms with Crippen LogP contribution < -0.4 is 10.3 Å². The van der Waals surface area contributed by atoms with E-state index in [-0.39, 0.29) is 11.3 Å². The number of hydrogen-bond donors (Lipinski definition) is 1. The van der Waals surface area contributed by atoms with Gasteiger partial charge in [-0.25, -0.2) is 9.97 Å². The fourth-order valence-corrected chi connectivity index (χ4v) is 5.42. The van der Waals surface area contributed by atoms with E-state index in [1.165, 1.54) is 22.2 Å². The largest absolute Gasteiger partial charge is 0.508 e. The van der Waals surface area contributed by atoms with E-state index in [1.54, 1.807) is 24.4 Å². The zero-order valence-corrected chi connectivity index (χ0v) is 18.6. The lowest BCUT2D eigenvalue weighted by atomic mass is 9.78. The molecule has 4 aromatic rings. The minimum atomic E-state index is -0.141. The Hall–Kier alpha value is -3.27. The van der Waals surface area contributed by atoms with Crippen molar-refractivity contribution in [1.29, 1.82) is 0 Å². The van der Waals surface area contributed by atoms with Crippen molar-refractivity contribution in [2.75, 3.05) is 39.5 Å². The zero-order chi connectivity index (χ0) is 22.4. The highest BCUT2D eigenvalue weighted by molar-refractivity contribution is 7.22. The summed E-state index contributed by atoms with van der Waals surface area (Å²) in [6.07, 6.45) is 3.16. The SMILES string of the molecule is O=c1c2sc(-c3ccc(O)cc3)cc2ncn1-c1ccc(OCCN2CC3(COC3)C2)nc1. The number of phenolic OH excluding ortho intramolecular Hbond substituents is 1. The molecule has 0 aliphatic carbocycles. The summed E-state index contributed by atoms with van der Waals surface area (Å²) in [5, 5.41) is 9.50. The van der Waals surface area contributed by atoms with E-state index in [0.717, 1.165) is 43.3 Å². The molecule has 8 nitrogen and oxygen atoms in total. The van der Waals surface area contributed by atoms with E-state index in [2.05, 4.69) is 14.9 Å². The Kier molecular flexibility index (Phi) is 4.90. The molecule has 1 N–H and O–H groups in total.